The lowest BCUT2D eigenvalue weighted by Crippen LogP contribution is -2.47. The maximum Gasteiger partial charge on any atom is 0.511 e. The van der Waals surface area contributed by atoms with Crippen molar-refractivity contribution in [3.8, 4) is 0 Å². The number of guanidine groups is 1. The van der Waals surface area contributed by atoms with E-state index in [-0.39, 0.29) is 19.0 Å². The van der Waals surface area contributed by atoms with Gasteiger partial charge in [0, 0.05) is 31.6 Å². The largest absolute Gasteiger partial charge is 0.511 e. The van der Waals surface area contributed by atoms with Gasteiger partial charge in [0.1, 0.15) is 0 Å². The zero-order valence-electron chi connectivity index (χ0n) is 14.6. The first-order valence-corrected chi connectivity index (χ1v) is 10.5. The molecule has 1 fully saturated rings. The Hall–Kier alpha value is -1.33. The number of halogens is 3. The molecule has 0 amide bonds. The summed E-state index contributed by atoms with van der Waals surface area (Å²) in [5, 5.41) is 8.38. The second kappa shape index (κ2) is 8.57. The van der Waals surface area contributed by atoms with Gasteiger partial charge >= 0.3 is 15.5 Å². The third kappa shape index (κ3) is 5.10. The van der Waals surface area contributed by atoms with Crippen molar-refractivity contribution < 1.29 is 21.6 Å². The Morgan fingerprint density at radius 3 is 2.50 bits per heavy atom. The number of aryl methyl sites for hydroxylation is 1. The number of rotatable bonds is 5. The molecule has 1 aromatic rings. The quantitative estimate of drug-likeness (QED) is 0.575. The second-order valence-corrected chi connectivity index (χ2v) is 9.06. The fourth-order valence-corrected chi connectivity index (χ4v) is 4.54. The molecule has 2 N–H and O–H groups in total. The molecule has 1 saturated heterocycles. The summed E-state index contributed by atoms with van der Waals surface area (Å²) in [5.74, 6) is 0.708. The lowest BCUT2D eigenvalue weighted by atomic mass is 9.98. The predicted octanol–water partition coefficient (Wildman–Crippen LogP) is 2.28. The van der Waals surface area contributed by atoms with E-state index < -0.39 is 15.5 Å². The molecule has 0 spiro atoms. The minimum absolute atomic E-state index is 0.0942. The number of thiophene rings is 1. The molecule has 2 heterocycles. The number of hydrogen-bond acceptors (Lipinski definition) is 4. The highest BCUT2D eigenvalue weighted by Gasteiger charge is 2.50. The summed E-state index contributed by atoms with van der Waals surface area (Å²) in [6.07, 6.45) is 0.757. The highest BCUT2D eigenvalue weighted by Crippen LogP contribution is 2.30. The van der Waals surface area contributed by atoms with E-state index in [0.717, 1.165) is 0 Å². The fraction of sp³-hybridized carbons (Fsp3) is 0.667. The van der Waals surface area contributed by atoms with Crippen LogP contribution >= 0.6 is 11.3 Å². The average molecular weight is 413 g/mol. The number of aliphatic imine (C=N–C) groups is 1. The number of hydrogen-bond donors (Lipinski definition) is 2. The first-order valence-electron chi connectivity index (χ1n) is 8.19. The van der Waals surface area contributed by atoms with E-state index in [1.54, 1.807) is 18.4 Å². The summed E-state index contributed by atoms with van der Waals surface area (Å²) in [5.41, 5.74) is -4.03. The van der Waals surface area contributed by atoms with Crippen molar-refractivity contribution in [2.45, 2.75) is 31.8 Å². The summed E-state index contributed by atoms with van der Waals surface area (Å²) >= 11 is 1.65. The normalized spacial score (nSPS) is 18.1. The van der Waals surface area contributed by atoms with E-state index in [1.807, 2.05) is 18.4 Å². The monoisotopic (exact) mass is 412 g/mol. The van der Waals surface area contributed by atoms with Crippen LogP contribution in [0.4, 0.5) is 13.2 Å². The molecule has 0 radical (unpaired) electrons. The molecule has 6 nitrogen and oxygen atoms in total. The maximum atomic E-state index is 12.6. The Labute approximate surface area is 155 Å². The van der Waals surface area contributed by atoms with Gasteiger partial charge in [-0.15, -0.1) is 11.3 Å². The van der Waals surface area contributed by atoms with Crippen molar-refractivity contribution in [3.05, 3.63) is 21.9 Å². The molecule has 1 aliphatic rings. The van der Waals surface area contributed by atoms with Crippen molar-refractivity contribution >= 4 is 27.3 Å². The van der Waals surface area contributed by atoms with Crippen molar-refractivity contribution in [1.29, 1.82) is 0 Å². The lowest BCUT2D eigenvalue weighted by Gasteiger charge is -2.31. The molecule has 148 valence electrons. The summed E-state index contributed by atoms with van der Waals surface area (Å²) in [6.45, 7) is 2.98. The number of sulfonamides is 1. The molecule has 0 aromatic carbocycles. The summed E-state index contributed by atoms with van der Waals surface area (Å²) < 4.78 is 61.1. The van der Waals surface area contributed by atoms with Crippen LogP contribution in [0.15, 0.2) is 16.4 Å². The van der Waals surface area contributed by atoms with Crippen LogP contribution in [-0.4, -0.2) is 50.9 Å². The molecule has 0 aliphatic carbocycles. The van der Waals surface area contributed by atoms with Crippen LogP contribution in [0.1, 0.15) is 23.3 Å². The van der Waals surface area contributed by atoms with Crippen LogP contribution < -0.4 is 10.6 Å². The standard InChI is InChI=1S/C15H23F3N4O2S2/c1-11-5-8-25-13(11)10-21-14(19-2)20-9-12-3-6-22(7-4-12)26(23,24)15(16,17)18/h5,8,12H,3-4,6-7,9-10H2,1-2H3,(H2,19,20,21). The average Bonchev–Trinajstić information content (AvgIpc) is 2.99. The van der Waals surface area contributed by atoms with Gasteiger partial charge in [-0.25, -0.2) is 8.42 Å². The van der Waals surface area contributed by atoms with Crippen LogP contribution in [0.25, 0.3) is 0 Å². The SMILES string of the molecule is CN=C(NCc1sccc1C)NCC1CCN(S(=O)(=O)C(F)(F)F)CC1. The van der Waals surface area contributed by atoms with Gasteiger partial charge in [-0.1, -0.05) is 0 Å². The Morgan fingerprint density at radius 1 is 1.35 bits per heavy atom. The van der Waals surface area contributed by atoms with Gasteiger partial charge in [0.15, 0.2) is 5.96 Å². The topological polar surface area (TPSA) is 73.8 Å². The number of piperidine rings is 1. The van der Waals surface area contributed by atoms with E-state index in [4.69, 9.17) is 0 Å². The molecule has 11 heteroatoms. The Kier molecular flexibility index (Phi) is 6.92. The van der Waals surface area contributed by atoms with E-state index >= 15 is 0 Å². The molecule has 1 aromatic heterocycles. The van der Waals surface area contributed by atoms with Crippen molar-refractivity contribution in [2.24, 2.45) is 10.9 Å². The zero-order chi connectivity index (χ0) is 19.4. The molecular weight excluding hydrogens is 389 g/mol. The van der Waals surface area contributed by atoms with Gasteiger partial charge in [-0.05, 0) is 42.7 Å². The minimum Gasteiger partial charge on any atom is -0.356 e. The third-order valence-corrected chi connectivity index (χ3v) is 7.03. The van der Waals surface area contributed by atoms with Crippen LogP contribution in [0.3, 0.4) is 0 Å². The number of nitrogens with one attached hydrogen (secondary N) is 2. The smallest absolute Gasteiger partial charge is 0.356 e. The minimum atomic E-state index is -5.23. The van der Waals surface area contributed by atoms with Crippen molar-refractivity contribution in [3.63, 3.8) is 0 Å². The van der Waals surface area contributed by atoms with Crippen LogP contribution in [-0.2, 0) is 16.6 Å². The summed E-state index contributed by atoms with van der Waals surface area (Å²) in [6, 6.07) is 2.04. The Bertz CT molecular complexity index is 723. The van der Waals surface area contributed by atoms with Crippen molar-refractivity contribution in [2.75, 3.05) is 26.7 Å². The molecular formula is C15H23F3N4O2S2. The van der Waals surface area contributed by atoms with Gasteiger partial charge in [-0.3, -0.25) is 4.99 Å². The van der Waals surface area contributed by atoms with E-state index in [0.29, 0.717) is 36.2 Å². The first-order chi connectivity index (χ1) is 12.1. The second-order valence-electron chi connectivity index (χ2n) is 6.13. The van der Waals surface area contributed by atoms with E-state index in [2.05, 4.69) is 15.6 Å². The lowest BCUT2D eigenvalue weighted by molar-refractivity contribution is -0.0496. The predicted molar refractivity (Wildman–Crippen MR) is 96.5 cm³/mol. The highest BCUT2D eigenvalue weighted by atomic mass is 32.2. The summed E-state index contributed by atoms with van der Waals surface area (Å²) in [7, 11) is -3.57. The summed E-state index contributed by atoms with van der Waals surface area (Å²) in [4.78, 5) is 5.34. The van der Waals surface area contributed by atoms with Crippen LogP contribution in [0, 0.1) is 12.8 Å². The first kappa shape index (κ1) is 21.0. The molecule has 2 rings (SSSR count). The van der Waals surface area contributed by atoms with Gasteiger partial charge in [0.25, 0.3) is 0 Å². The molecule has 0 unspecified atom stereocenters. The van der Waals surface area contributed by atoms with Gasteiger partial charge < -0.3 is 10.6 Å². The van der Waals surface area contributed by atoms with Gasteiger partial charge in [0.2, 0.25) is 0 Å². The maximum absolute atomic E-state index is 12.6. The zero-order valence-corrected chi connectivity index (χ0v) is 16.3. The van der Waals surface area contributed by atoms with Gasteiger partial charge in [0.05, 0.1) is 6.54 Å². The van der Waals surface area contributed by atoms with E-state index in [1.165, 1.54) is 10.4 Å². The number of nitrogens with zero attached hydrogens (tertiary/aromatic N) is 2. The molecule has 0 bridgehead atoms. The molecule has 0 saturated carbocycles. The molecule has 0 atom stereocenters. The highest BCUT2D eigenvalue weighted by molar-refractivity contribution is 7.90. The molecule has 1 aliphatic heterocycles. The third-order valence-electron chi connectivity index (χ3n) is 4.37. The fourth-order valence-electron chi connectivity index (χ4n) is 2.71. The van der Waals surface area contributed by atoms with Crippen LogP contribution in [0.5, 0.6) is 0 Å². The Morgan fingerprint density at radius 2 is 2.00 bits per heavy atom. The Balaban J connectivity index is 1.77. The van der Waals surface area contributed by atoms with Crippen molar-refractivity contribution in [1.82, 2.24) is 14.9 Å². The van der Waals surface area contributed by atoms with Gasteiger partial charge in [-0.2, -0.15) is 17.5 Å². The molecule has 26 heavy (non-hydrogen) atoms. The van der Waals surface area contributed by atoms with E-state index in [9.17, 15) is 21.6 Å². The number of alkyl halides is 3. The van der Waals surface area contributed by atoms with Crippen LogP contribution in [0.2, 0.25) is 0 Å².